The van der Waals surface area contributed by atoms with Gasteiger partial charge in [-0.3, -0.25) is 0 Å². The minimum absolute atomic E-state index is 0.191. The lowest BCUT2D eigenvalue weighted by molar-refractivity contribution is -0.176. The largest absolute Gasteiger partial charge is 0.387 e. The molecule has 0 spiro atoms. The number of rotatable bonds is 0. The smallest absolute Gasteiger partial charge is 0.111 e. The molecule has 3 nitrogen and oxygen atoms in total. The average molecular weight is 228 g/mol. The molecule has 16 heavy (non-hydrogen) atoms. The molecule has 5 atom stereocenters. The third kappa shape index (κ3) is 1.60. The fourth-order valence-corrected chi connectivity index (χ4v) is 3.31. The summed E-state index contributed by atoms with van der Waals surface area (Å²) in [6.07, 6.45) is 0.129. The molecule has 2 rings (SSSR count). The number of hydrogen-bond donors (Lipinski definition) is 2. The topological polar surface area (TPSA) is 49.7 Å². The molecular formula is C13H24O3. The maximum absolute atomic E-state index is 10.1. The number of hydrogen-bond acceptors (Lipinski definition) is 3. The van der Waals surface area contributed by atoms with Crippen molar-refractivity contribution in [1.29, 1.82) is 0 Å². The Hall–Kier alpha value is -0.120. The zero-order valence-electron chi connectivity index (χ0n) is 10.9. The molecule has 3 heteroatoms. The van der Waals surface area contributed by atoms with Gasteiger partial charge in [0, 0.05) is 0 Å². The fraction of sp³-hybridized carbons (Fsp3) is 1.00. The maximum Gasteiger partial charge on any atom is 0.111 e. The lowest BCUT2D eigenvalue weighted by Gasteiger charge is -2.45. The Morgan fingerprint density at radius 2 is 1.38 bits per heavy atom. The van der Waals surface area contributed by atoms with Crippen LogP contribution in [0.25, 0.3) is 0 Å². The van der Waals surface area contributed by atoms with Crippen molar-refractivity contribution in [3.63, 3.8) is 0 Å². The van der Waals surface area contributed by atoms with Gasteiger partial charge in [-0.1, -0.05) is 20.8 Å². The monoisotopic (exact) mass is 228 g/mol. The van der Waals surface area contributed by atoms with Gasteiger partial charge in [-0.25, -0.2) is 0 Å². The highest BCUT2D eigenvalue weighted by molar-refractivity contribution is 5.12. The van der Waals surface area contributed by atoms with E-state index in [0.29, 0.717) is 5.92 Å². The Morgan fingerprint density at radius 3 is 1.69 bits per heavy atom. The van der Waals surface area contributed by atoms with Crippen LogP contribution in [0.15, 0.2) is 0 Å². The quantitative estimate of drug-likeness (QED) is 0.663. The van der Waals surface area contributed by atoms with Gasteiger partial charge in [0.15, 0.2) is 0 Å². The third-order valence-electron chi connectivity index (χ3n) is 4.54. The van der Waals surface area contributed by atoms with E-state index in [0.717, 1.165) is 12.8 Å². The molecule has 2 heterocycles. The summed E-state index contributed by atoms with van der Waals surface area (Å²) in [5.41, 5.74) is -0.967. The second-order valence-corrected chi connectivity index (χ2v) is 7.09. The van der Waals surface area contributed by atoms with Crippen LogP contribution in [0.5, 0.6) is 0 Å². The summed E-state index contributed by atoms with van der Waals surface area (Å²) in [4.78, 5) is 0. The molecule has 2 saturated heterocycles. The average Bonchev–Trinajstić information content (AvgIpc) is 2.22. The summed E-state index contributed by atoms with van der Waals surface area (Å²) in [5, 5.41) is 20.2. The van der Waals surface area contributed by atoms with Crippen molar-refractivity contribution >= 4 is 0 Å². The molecule has 2 fully saturated rings. The normalized spacial score (nSPS) is 53.1. The highest BCUT2D eigenvalue weighted by atomic mass is 16.6. The van der Waals surface area contributed by atoms with Gasteiger partial charge < -0.3 is 14.9 Å². The Morgan fingerprint density at radius 1 is 1.00 bits per heavy atom. The van der Waals surface area contributed by atoms with E-state index >= 15 is 0 Å². The van der Waals surface area contributed by atoms with Crippen LogP contribution in [0.4, 0.5) is 0 Å². The third-order valence-corrected chi connectivity index (χ3v) is 4.54. The zero-order valence-corrected chi connectivity index (χ0v) is 10.9. The Bertz CT molecular complexity index is 274. The van der Waals surface area contributed by atoms with Gasteiger partial charge in [-0.05, 0) is 38.0 Å². The molecule has 0 aromatic heterocycles. The summed E-state index contributed by atoms with van der Waals surface area (Å²) in [6, 6.07) is 0. The summed E-state index contributed by atoms with van der Waals surface area (Å²) < 4.78 is 5.92. The van der Waals surface area contributed by atoms with E-state index in [9.17, 15) is 10.2 Å². The van der Waals surface area contributed by atoms with Crippen LogP contribution in [-0.2, 0) is 4.74 Å². The first-order chi connectivity index (χ1) is 7.08. The predicted molar refractivity (Wildman–Crippen MR) is 62.1 cm³/mol. The van der Waals surface area contributed by atoms with Gasteiger partial charge >= 0.3 is 0 Å². The lowest BCUT2D eigenvalue weighted by atomic mass is 9.70. The molecule has 0 aromatic rings. The summed E-state index contributed by atoms with van der Waals surface area (Å²) in [7, 11) is 0. The van der Waals surface area contributed by atoms with Crippen molar-refractivity contribution in [2.45, 2.75) is 70.9 Å². The Labute approximate surface area is 97.8 Å². The van der Waals surface area contributed by atoms with Crippen LogP contribution in [0.3, 0.4) is 0 Å². The van der Waals surface area contributed by atoms with E-state index in [1.54, 1.807) is 0 Å². The van der Waals surface area contributed by atoms with Gasteiger partial charge in [0.2, 0.25) is 0 Å². The van der Waals surface area contributed by atoms with Gasteiger partial charge in [0.25, 0.3) is 0 Å². The number of aliphatic hydroxyl groups excluding tert-OH is 2. The van der Waals surface area contributed by atoms with Crippen molar-refractivity contribution in [3.8, 4) is 0 Å². The molecule has 1 unspecified atom stereocenters. The first-order valence-corrected chi connectivity index (χ1v) is 6.15. The zero-order chi connectivity index (χ0) is 12.4. The molecular weight excluding hydrogens is 204 g/mol. The molecule has 2 bridgehead atoms. The van der Waals surface area contributed by atoms with Crippen LogP contribution in [0.2, 0.25) is 0 Å². The predicted octanol–water partition coefficient (Wildman–Crippen LogP) is 1.71. The maximum atomic E-state index is 10.1. The summed E-state index contributed by atoms with van der Waals surface area (Å²) >= 11 is 0. The SMILES string of the molecule is CC(C)(C)C1C[C@@]2(C)O[C@@](C)(C1)[C@H](O)[C@@H]2O. The molecule has 0 radical (unpaired) electrons. The van der Waals surface area contributed by atoms with Gasteiger partial charge in [-0.2, -0.15) is 0 Å². The van der Waals surface area contributed by atoms with Crippen molar-refractivity contribution in [2.24, 2.45) is 11.3 Å². The van der Waals surface area contributed by atoms with Crippen molar-refractivity contribution < 1.29 is 14.9 Å². The molecule has 0 aliphatic carbocycles. The van der Waals surface area contributed by atoms with Crippen LogP contribution < -0.4 is 0 Å². The fourth-order valence-electron chi connectivity index (χ4n) is 3.31. The molecule has 0 amide bonds. The first kappa shape index (κ1) is 12.3. The van der Waals surface area contributed by atoms with Gasteiger partial charge in [0.05, 0.1) is 11.2 Å². The number of fused-ring (bicyclic) bond motifs is 2. The minimum Gasteiger partial charge on any atom is -0.387 e. The molecule has 0 saturated carbocycles. The highest BCUT2D eigenvalue weighted by Gasteiger charge is 2.62. The molecule has 0 aromatic carbocycles. The van der Waals surface area contributed by atoms with E-state index < -0.39 is 23.4 Å². The number of aliphatic hydroxyl groups is 2. The summed E-state index contributed by atoms with van der Waals surface area (Å²) in [5.74, 6) is 0.475. The Kier molecular flexibility index (Phi) is 2.48. The van der Waals surface area contributed by atoms with Crippen LogP contribution in [0, 0.1) is 11.3 Å². The minimum atomic E-state index is -0.759. The number of ether oxygens (including phenoxy) is 1. The van der Waals surface area contributed by atoms with Crippen LogP contribution >= 0.6 is 0 Å². The van der Waals surface area contributed by atoms with Gasteiger partial charge in [0.1, 0.15) is 12.2 Å². The molecule has 94 valence electrons. The molecule has 2 N–H and O–H groups in total. The second kappa shape index (κ2) is 3.21. The highest BCUT2D eigenvalue weighted by Crippen LogP contribution is 2.54. The van der Waals surface area contributed by atoms with E-state index in [2.05, 4.69) is 20.8 Å². The van der Waals surface area contributed by atoms with E-state index in [1.807, 2.05) is 13.8 Å². The Balaban J connectivity index is 2.32. The lowest BCUT2D eigenvalue weighted by Crippen LogP contribution is -2.47. The van der Waals surface area contributed by atoms with Crippen molar-refractivity contribution in [2.75, 3.05) is 0 Å². The van der Waals surface area contributed by atoms with E-state index in [-0.39, 0.29) is 5.41 Å². The van der Waals surface area contributed by atoms with Crippen LogP contribution in [0.1, 0.15) is 47.5 Å². The van der Waals surface area contributed by atoms with Crippen LogP contribution in [-0.4, -0.2) is 33.6 Å². The van der Waals surface area contributed by atoms with E-state index in [4.69, 9.17) is 4.74 Å². The van der Waals surface area contributed by atoms with Crippen molar-refractivity contribution in [3.05, 3.63) is 0 Å². The standard InChI is InChI=1S/C13H24O3/c1-11(2,3)8-6-12(4)9(14)10(15)13(5,7-8)16-12/h8-10,14-15H,6-7H2,1-5H3/t8?,9-,10+,12+,13-. The second-order valence-electron chi connectivity index (χ2n) is 7.09. The van der Waals surface area contributed by atoms with E-state index in [1.165, 1.54) is 0 Å². The van der Waals surface area contributed by atoms with Gasteiger partial charge in [-0.15, -0.1) is 0 Å². The summed E-state index contributed by atoms with van der Waals surface area (Å²) in [6.45, 7) is 10.5. The molecule has 2 aliphatic heterocycles. The molecule has 2 aliphatic rings. The van der Waals surface area contributed by atoms with Crippen molar-refractivity contribution in [1.82, 2.24) is 0 Å². The first-order valence-electron chi connectivity index (χ1n) is 6.15.